The minimum Gasteiger partial charge on any atom is -0.307 e. The van der Waals surface area contributed by atoms with Gasteiger partial charge in [0.2, 0.25) is 0 Å². The minimum absolute atomic E-state index is 0.163. The monoisotopic (exact) mass is 288 g/mol. The Morgan fingerprint density at radius 3 is 2.55 bits per heavy atom. The second-order valence-corrected chi connectivity index (χ2v) is 4.91. The van der Waals surface area contributed by atoms with Gasteiger partial charge < -0.3 is 5.32 Å². The molecule has 1 N–H and O–H groups in total. The summed E-state index contributed by atoms with van der Waals surface area (Å²) in [5.74, 6) is 0. The predicted octanol–water partition coefficient (Wildman–Crippen LogP) is 4.71. The van der Waals surface area contributed by atoms with Gasteiger partial charge in [-0.3, -0.25) is 4.90 Å². The molecule has 0 spiro atoms. The smallest absolute Gasteiger partial charge is 0.307 e. The number of carbonyl (C=O) groups is 1. The van der Waals surface area contributed by atoms with Crippen LogP contribution in [0.5, 0.6) is 0 Å². The van der Waals surface area contributed by atoms with Crippen molar-refractivity contribution in [2.75, 3.05) is 16.8 Å². The largest absolute Gasteiger partial charge is 0.326 e. The molecule has 0 aliphatic carbocycles. The van der Waals surface area contributed by atoms with Crippen molar-refractivity contribution < 1.29 is 4.79 Å². The fraction of sp³-hybridized carbons (Fsp3) is 0.188. The van der Waals surface area contributed by atoms with E-state index in [4.69, 9.17) is 11.6 Å². The van der Waals surface area contributed by atoms with Crippen LogP contribution in [0.2, 0.25) is 5.02 Å². The third-order valence-electron chi connectivity index (χ3n) is 3.07. The van der Waals surface area contributed by atoms with E-state index in [-0.39, 0.29) is 6.03 Å². The van der Waals surface area contributed by atoms with Crippen LogP contribution >= 0.6 is 11.6 Å². The lowest BCUT2D eigenvalue weighted by atomic mass is 10.2. The lowest BCUT2D eigenvalue weighted by molar-refractivity contribution is 0.257. The summed E-state index contributed by atoms with van der Waals surface area (Å²) < 4.78 is 0. The van der Waals surface area contributed by atoms with Gasteiger partial charge in [0.25, 0.3) is 0 Å². The van der Waals surface area contributed by atoms with Crippen molar-refractivity contribution in [3.8, 4) is 0 Å². The Morgan fingerprint density at radius 1 is 1.20 bits per heavy atom. The molecular formula is C16H17ClN2O. The fourth-order valence-electron chi connectivity index (χ4n) is 1.96. The van der Waals surface area contributed by atoms with E-state index >= 15 is 0 Å². The molecule has 3 nitrogen and oxygen atoms in total. The number of halogens is 1. The van der Waals surface area contributed by atoms with Gasteiger partial charge in [-0.2, -0.15) is 0 Å². The van der Waals surface area contributed by atoms with Crippen LogP contribution in [0.1, 0.15) is 12.5 Å². The molecule has 0 unspecified atom stereocenters. The van der Waals surface area contributed by atoms with Gasteiger partial charge in [0, 0.05) is 22.9 Å². The summed E-state index contributed by atoms with van der Waals surface area (Å²) in [7, 11) is 0. The molecule has 0 saturated carbocycles. The van der Waals surface area contributed by atoms with E-state index in [0.717, 1.165) is 16.9 Å². The van der Waals surface area contributed by atoms with E-state index in [2.05, 4.69) is 5.32 Å². The molecule has 4 heteroatoms. The van der Waals surface area contributed by atoms with E-state index in [0.29, 0.717) is 11.6 Å². The van der Waals surface area contributed by atoms with Gasteiger partial charge in [-0.15, -0.1) is 0 Å². The van der Waals surface area contributed by atoms with Gasteiger partial charge in [-0.1, -0.05) is 35.9 Å². The highest BCUT2D eigenvalue weighted by Gasteiger charge is 2.14. The zero-order chi connectivity index (χ0) is 14.5. The molecule has 2 amide bonds. The number of anilines is 2. The predicted molar refractivity (Wildman–Crippen MR) is 84.7 cm³/mol. The number of rotatable bonds is 3. The Balaban J connectivity index is 2.20. The van der Waals surface area contributed by atoms with Crippen molar-refractivity contribution in [1.29, 1.82) is 0 Å². The second kappa shape index (κ2) is 6.44. The maximum Gasteiger partial charge on any atom is 0.326 e. The first kappa shape index (κ1) is 14.4. The van der Waals surface area contributed by atoms with Crippen LogP contribution < -0.4 is 10.2 Å². The number of hydrogen-bond acceptors (Lipinski definition) is 1. The summed E-state index contributed by atoms with van der Waals surface area (Å²) in [5, 5.41) is 3.51. The van der Waals surface area contributed by atoms with Crippen LogP contribution in [0.25, 0.3) is 0 Å². The molecule has 20 heavy (non-hydrogen) atoms. The van der Waals surface area contributed by atoms with Gasteiger partial charge >= 0.3 is 6.03 Å². The van der Waals surface area contributed by atoms with Crippen molar-refractivity contribution in [2.24, 2.45) is 0 Å². The normalized spacial score (nSPS) is 10.2. The molecule has 2 aromatic rings. The Kier molecular flexibility index (Phi) is 4.64. The van der Waals surface area contributed by atoms with Crippen molar-refractivity contribution in [1.82, 2.24) is 0 Å². The number of aryl methyl sites for hydroxylation is 1. The van der Waals surface area contributed by atoms with Crippen molar-refractivity contribution in [3.63, 3.8) is 0 Å². The molecule has 2 rings (SSSR count). The fourth-order valence-corrected chi connectivity index (χ4v) is 2.14. The molecule has 0 radical (unpaired) electrons. The van der Waals surface area contributed by atoms with Crippen LogP contribution in [0.15, 0.2) is 48.5 Å². The molecule has 0 saturated heterocycles. The van der Waals surface area contributed by atoms with E-state index in [9.17, 15) is 4.79 Å². The van der Waals surface area contributed by atoms with Gasteiger partial charge in [-0.05, 0) is 43.7 Å². The highest BCUT2D eigenvalue weighted by Crippen LogP contribution is 2.21. The number of nitrogens with zero attached hydrogens (tertiary/aromatic N) is 1. The third-order valence-corrected chi connectivity index (χ3v) is 3.31. The molecule has 0 atom stereocenters. The Labute approximate surface area is 124 Å². The van der Waals surface area contributed by atoms with Gasteiger partial charge in [0.1, 0.15) is 0 Å². The maximum absolute atomic E-state index is 12.4. The molecule has 0 heterocycles. The summed E-state index contributed by atoms with van der Waals surface area (Å²) in [5.41, 5.74) is 2.58. The Bertz CT molecular complexity index is 599. The standard InChI is InChI=1S/C16H17ClN2O/c1-3-19(14-7-5-4-6-8-14)16(20)18-15-11-13(17)10-9-12(15)2/h4-11H,3H2,1-2H3,(H,18,20). The first-order valence-electron chi connectivity index (χ1n) is 6.51. The molecule has 2 aromatic carbocycles. The number of hydrogen-bond donors (Lipinski definition) is 1. The number of nitrogens with one attached hydrogen (secondary N) is 1. The number of amides is 2. The Hall–Kier alpha value is -2.00. The number of para-hydroxylation sites is 1. The average Bonchev–Trinajstić information content (AvgIpc) is 2.45. The van der Waals surface area contributed by atoms with Crippen LogP contribution in [-0.4, -0.2) is 12.6 Å². The van der Waals surface area contributed by atoms with E-state index in [1.54, 1.807) is 17.0 Å². The van der Waals surface area contributed by atoms with Crippen LogP contribution in [0.4, 0.5) is 16.2 Å². The van der Waals surface area contributed by atoms with Gasteiger partial charge in [-0.25, -0.2) is 4.79 Å². The number of carbonyl (C=O) groups excluding carboxylic acids is 1. The van der Waals surface area contributed by atoms with Crippen LogP contribution in [0.3, 0.4) is 0 Å². The summed E-state index contributed by atoms with van der Waals surface area (Å²) in [6.07, 6.45) is 0. The van der Waals surface area contributed by atoms with E-state index in [1.165, 1.54) is 0 Å². The summed E-state index contributed by atoms with van der Waals surface area (Å²) in [6.45, 7) is 4.47. The van der Waals surface area contributed by atoms with Crippen molar-refractivity contribution in [3.05, 3.63) is 59.1 Å². The molecule has 0 aliphatic heterocycles. The SMILES string of the molecule is CCN(C(=O)Nc1cc(Cl)ccc1C)c1ccccc1. The summed E-state index contributed by atoms with van der Waals surface area (Å²) in [6, 6.07) is 14.9. The lowest BCUT2D eigenvalue weighted by Gasteiger charge is -2.22. The van der Waals surface area contributed by atoms with Gasteiger partial charge in [0.15, 0.2) is 0 Å². The highest BCUT2D eigenvalue weighted by molar-refractivity contribution is 6.31. The quantitative estimate of drug-likeness (QED) is 0.872. The lowest BCUT2D eigenvalue weighted by Crippen LogP contribution is -2.34. The second-order valence-electron chi connectivity index (χ2n) is 4.47. The molecule has 0 aromatic heterocycles. The van der Waals surface area contributed by atoms with Crippen molar-refractivity contribution >= 4 is 29.0 Å². The zero-order valence-corrected chi connectivity index (χ0v) is 12.3. The van der Waals surface area contributed by atoms with E-state index < -0.39 is 0 Å². The maximum atomic E-state index is 12.4. The molecule has 0 fully saturated rings. The van der Waals surface area contributed by atoms with Crippen LogP contribution in [-0.2, 0) is 0 Å². The molecule has 0 aliphatic rings. The molecule has 0 bridgehead atoms. The summed E-state index contributed by atoms with van der Waals surface area (Å²) >= 11 is 5.97. The molecule has 104 valence electrons. The highest BCUT2D eigenvalue weighted by atomic mass is 35.5. The van der Waals surface area contributed by atoms with Gasteiger partial charge in [0.05, 0.1) is 0 Å². The average molecular weight is 289 g/mol. The topological polar surface area (TPSA) is 32.3 Å². The minimum atomic E-state index is -0.163. The first-order valence-corrected chi connectivity index (χ1v) is 6.89. The van der Waals surface area contributed by atoms with Crippen molar-refractivity contribution in [2.45, 2.75) is 13.8 Å². The summed E-state index contributed by atoms with van der Waals surface area (Å²) in [4.78, 5) is 14.1. The number of urea groups is 1. The Morgan fingerprint density at radius 2 is 1.90 bits per heavy atom. The van der Waals surface area contributed by atoms with E-state index in [1.807, 2.05) is 50.2 Å². The third kappa shape index (κ3) is 3.31. The molecular weight excluding hydrogens is 272 g/mol. The number of benzene rings is 2. The van der Waals surface area contributed by atoms with Crippen LogP contribution in [0, 0.1) is 6.92 Å². The zero-order valence-electron chi connectivity index (χ0n) is 11.6. The first-order chi connectivity index (χ1) is 9.61.